The zero-order chi connectivity index (χ0) is 30.5. The molecule has 2 unspecified atom stereocenters. The van der Waals surface area contributed by atoms with Crippen LogP contribution in [0.15, 0.2) is 121 Å². The molecular weight excluding hydrogens is 554 g/mol. The molecule has 2 atom stereocenters. The van der Waals surface area contributed by atoms with Gasteiger partial charge in [0.25, 0.3) is 14.7 Å². The van der Waals surface area contributed by atoms with E-state index in [1.54, 1.807) is 97.1 Å². The molecule has 0 saturated carbocycles. The first kappa shape index (κ1) is 34.4. The Labute approximate surface area is 244 Å². The van der Waals surface area contributed by atoms with Crippen LogP contribution in [0.3, 0.4) is 0 Å². The maximum atomic E-state index is 12.2. The van der Waals surface area contributed by atoms with Gasteiger partial charge in [-0.1, -0.05) is 100 Å². The standard InChI is InChI=1S/2C12H11O2P.C9H20O2/c2*13-15(14,11-7-3-1-4-8-11)12-9-5-2-6-10-12;1-6(2)8(10)5-9(11)7(3)4/h2*1-10H,(H,13,14);6-11H,5H2,1-4H3. The fourth-order valence-electron chi connectivity index (χ4n) is 3.61. The van der Waals surface area contributed by atoms with Crippen LogP contribution in [-0.2, 0) is 9.13 Å². The second-order valence-electron chi connectivity index (χ2n) is 10.4. The van der Waals surface area contributed by atoms with Crippen molar-refractivity contribution < 1.29 is 29.1 Å². The van der Waals surface area contributed by atoms with Crippen molar-refractivity contribution in [2.45, 2.75) is 46.3 Å². The molecule has 0 fully saturated rings. The van der Waals surface area contributed by atoms with E-state index >= 15 is 0 Å². The Bertz CT molecular complexity index is 1170. The maximum Gasteiger partial charge on any atom is 0.258 e. The van der Waals surface area contributed by atoms with E-state index in [0.717, 1.165) is 0 Å². The zero-order valence-corrected chi connectivity index (χ0v) is 25.9. The molecule has 0 amide bonds. The van der Waals surface area contributed by atoms with Gasteiger partial charge >= 0.3 is 0 Å². The zero-order valence-electron chi connectivity index (χ0n) is 24.1. The van der Waals surface area contributed by atoms with E-state index in [0.29, 0.717) is 27.6 Å². The predicted octanol–water partition coefficient (Wildman–Crippen LogP) is 5.23. The van der Waals surface area contributed by atoms with Gasteiger partial charge in [0.1, 0.15) is 0 Å². The third-order valence-corrected chi connectivity index (χ3v) is 10.4. The van der Waals surface area contributed by atoms with Gasteiger partial charge in [-0.15, -0.1) is 0 Å². The third-order valence-electron chi connectivity index (χ3n) is 6.45. The molecule has 0 aliphatic rings. The van der Waals surface area contributed by atoms with Gasteiger partial charge < -0.3 is 20.0 Å². The van der Waals surface area contributed by atoms with E-state index in [9.17, 15) is 29.1 Å². The molecule has 0 aliphatic carbocycles. The molecule has 4 rings (SSSR count). The fourth-order valence-corrected chi connectivity index (χ4v) is 6.51. The minimum atomic E-state index is -3.40. The Morgan fingerprint density at radius 3 is 0.829 bits per heavy atom. The lowest BCUT2D eigenvalue weighted by Crippen LogP contribution is -2.25. The van der Waals surface area contributed by atoms with Crippen molar-refractivity contribution in [1.82, 2.24) is 0 Å². The lowest BCUT2D eigenvalue weighted by atomic mass is 9.95. The smallest absolute Gasteiger partial charge is 0.258 e. The van der Waals surface area contributed by atoms with E-state index in [-0.39, 0.29) is 24.0 Å². The van der Waals surface area contributed by atoms with E-state index in [1.165, 1.54) is 0 Å². The van der Waals surface area contributed by atoms with Crippen LogP contribution in [0.5, 0.6) is 0 Å². The number of hydrogen-bond acceptors (Lipinski definition) is 4. The highest BCUT2D eigenvalue weighted by Gasteiger charge is 2.24. The van der Waals surface area contributed by atoms with Crippen LogP contribution in [0.2, 0.25) is 0 Å². The first-order valence-electron chi connectivity index (χ1n) is 13.6. The summed E-state index contributed by atoms with van der Waals surface area (Å²) in [7, 11) is -6.79. The first-order valence-corrected chi connectivity index (χ1v) is 16.9. The van der Waals surface area contributed by atoms with Crippen molar-refractivity contribution >= 4 is 36.0 Å². The van der Waals surface area contributed by atoms with Crippen molar-refractivity contribution in [3.05, 3.63) is 121 Å². The summed E-state index contributed by atoms with van der Waals surface area (Å²) in [6, 6.07) is 34.8. The number of aliphatic hydroxyl groups is 2. The van der Waals surface area contributed by atoms with Crippen LogP contribution in [0.25, 0.3) is 0 Å². The van der Waals surface area contributed by atoms with Gasteiger partial charge in [-0.25, -0.2) is 0 Å². The van der Waals surface area contributed by atoms with Gasteiger partial charge in [-0.2, -0.15) is 0 Å². The second-order valence-corrected chi connectivity index (χ2v) is 14.7. The molecule has 0 aliphatic heterocycles. The summed E-state index contributed by atoms with van der Waals surface area (Å²) in [6.45, 7) is 7.82. The van der Waals surface area contributed by atoms with Crippen molar-refractivity contribution in [3.63, 3.8) is 0 Å². The van der Waals surface area contributed by atoms with E-state index in [2.05, 4.69) is 0 Å². The van der Waals surface area contributed by atoms with Gasteiger partial charge in [0, 0.05) is 21.2 Å². The Morgan fingerprint density at radius 1 is 0.463 bits per heavy atom. The minimum absolute atomic E-state index is 0.239. The van der Waals surface area contributed by atoms with Gasteiger partial charge in [0.15, 0.2) is 0 Å². The molecule has 0 aromatic heterocycles. The van der Waals surface area contributed by atoms with Gasteiger partial charge in [-0.3, -0.25) is 9.13 Å². The highest BCUT2D eigenvalue weighted by Crippen LogP contribution is 2.38. The van der Waals surface area contributed by atoms with E-state index < -0.39 is 14.7 Å². The molecule has 4 aromatic rings. The van der Waals surface area contributed by atoms with Crippen LogP contribution < -0.4 is 21.2 Å². The van der Waals surface area contributed by atoms with E-state index in [4.69, 9.17) is 0 Å². The summed E-state index contributed by atoms with van der Waals surface area (Å²) in [5.74, 6) is 0.479. The molecule has 6 nitrogen and oxygen atoms in total. The van der Waals surface area contributed by atoms with Crippen molar-refractivity contribution in [3.8, 4) is 0 Å². The largest absolute Gasteiger partial charge is 0.393 e. The highest BCUT2D eigenvalue weighted by atomic mass is 31.2. The SMILES string of the molecule is CC(C)C(O)CC(O)C(C)C.O=P(O)(c1ccccc1)c1ccccc1.O=P(O)(c1ccccc1)c1ccccc1. The Balaban J connectivity index is 0.000000219. The van der Waals surface area contributed by atoms with Crippen LogP contribution >= 0.6 is 14.7 Å². The van der Waals surface area contributed by atoms with Crippen molar-refractivity contribution in [2.24, 2.45) is 11.8 Å². The quantitative estimate of drug-likeness (QED) is 0.207. The average molecular weight is 597 g/mol. The van der Waals surface area contributed by atoms with Crippen LogP contribution in [0.4, 0.5) is 0 Å². The Morgan fingerprint density at radius 2 is 0.659 bits per heavy atom. The highest BCUT2D eigenvalue weighted by molar-refractivity contribution is 7.73. The molecule has 4 N–H and O–H groups in total. The summed E-state index contributed by atoms with van der Waals surface area (Å²) in [6.07, 6.45) is -0.241. The number of rotatable bonds is 8. The molecule has 0 bridgehead atoms. The molecule has 0 radical (unpaired) electrons. The topological polar surface area (TPSA) is 115 Å². The summed E-state index contributed by atoms with van der Waals surface area (Å²) < 4.78 is 24.3. The summed E-state index contributed by atoms with van der Waals surface area (Å²) in [5, 5.41) is 20.6. The first-order chi connectivity index (χ1) is 19.4. The van der Waals surface area contributed by atoms with Gasteiger partial charge in [-0.05, 0) is 66.8 Å². The second kappa shape index (κ2) is 16.6. The molecule has 4 aromatic carbocycles. The van der Waals surface area contributed by atoms with Crippen LogP contribution in [-0.4, -0.2) is 32.2 Å². The van der Waals surface area contributed by atoms with Gasteiger partial charge in [0.05, 0.1) is 12.2 Å². The Hall–Kier alpha value is -2.82. The molecule has 0 spiro atoms. The number of hydrogen-bond donors (Lipinski definition) is 4. The van der Waals surface area contributed by atoms with Gasteiger partial charge in [0.2, 0.25) is 0 Å². The molecule has 220 valence electrons. The predicted molar refractivity (Wildman–Crippen MR) is 170 cm³/mol. The van der Waals surface area contributed by atoms with Crippen LogP contribution in [0, 0.1) is 11.8 Å². The van der Waals surface area contributed by atoms with Crippen LogP contribution in [0.1, 0.15) is 34.1 Å². The monoisotopic (exact) mass is 596 g/mol. The number of aliphatic hydroxyl groups excluding tert-OH is 2. The molecule has 41 heavy (non-hydrogen) atoms. The molecular formula is C33H42O6P2. The lowest BCUT2D eigenvalue weighted by molar-refractivity contribution is 0.0326. The molecule has 8 heteroatoms. The Kier molecular flexibility index (Phi) is 13.9. The molecule has 0 saturated heterocycles. The average Bonchev–Trinajstić information content (AvgIpc) is 2.99. The summed E-state index contributed by atoms with van der Waals surface area (Å²) in [4.78, 5) is 20.0. The van der Waals surface area contributed by atoms with Crippen molar-refractivity contribution in [2.75, 3.05) is 0 Å². The van der Waals surface area contributed by atoms with Crippen molar-refractivity contribution in [1.29, 1.82) is 0 Å². The lowest BCUT2D eigenvalue weighted by Gasteiger charge is -2.20. The maximum absolute atomic E-state index is 12.2. The summed E-state index contributed by atoms with van der Waals surface area (Å²) in [5.41, 5.74) is 0. The minimum Gasteiger partial charge on any atom is -0.393 e. The summed E-state index contributed by atoms with van der Waals surface area (Å²) >= 11 is 0. The van der Waals surface area contributed by atoms with E-state index in [1.807, 2.05) is 52.0 Å². The number of benzene rings is 4. The molecule has 0 heterocycles. The third kappa shape index (κ3) is 10.8. The normalized spacial score (nSPS) is 12.9. The fraction of sp³-hybridized carbons (Fsp3) is 0.273.